The van der Waals surface area contributed by atoms with Crippen LogP contribution in [0.3, 0.4) is 0 Å². The van der Waals surface area contributed by atoms with E-state index in [-0.39, 0.29) is 0 Å². The van der Waals surface area contributed by atoms with Gasteiger partial charge in [-0.05, 0) is 43.1 Å². The molecule has 1 aromatic heterocycles. The molecule has 0 radical (unpaired) electrons. The Morgan fingerprint density at radius 2 is 2.16 bits per heavy atom. The number of rotatable bonds is 5. The summed E-state index contributed by atoms with van der Waals surface area (Å²) in [7, 11) is 4.11. The Morgan fingerprint density at radius 1 is 1.37 bits per heavy atom. The minimum Gasteiger partial charge on any atom is -0.367 e. The van der Waals surface area contributed by atoms with Gasteiger partial charge in [-0.1, -0.05) is 6.07 Å². The molecule has 0 amide bonds. The molecule has 0 unspecified atom stereocenters. The number of nitrogens with zero attached hydrogens (tertiary/aromatic N) is 3. The predicted molar refractivity (Wildman–Crippen MR) is 79.3 cm³/mol. The van der Waals surface area contributed by atoms with Gasteiger partial charge in [0.05, 0.1) is 6.54 Å². The molecule has 1 aromatic carbocycles. The summed E-state index contributed by atoms with van der Waals surface area (Å²) in [4.78, 5) is 6.57. The van der Waals surface area contributed by atoms with Crippen LogP contribution in [-0.2, 0) is 20.0 Å². The Labute approximate surface area is 114 Å². The van der Waals surface area contributed by atoms with Crippen LogP contribution in [0.4, 0.5) is 5.69 Å². The number of hydrogen-bond acceptors (Lipinski definition) is 3. The summed E-state index contributed by atoms with van der Waals surface area (Å²) >= 11 is 0. The summed E-state index contributed by atoms with van der Waals surface area (Å²) in [6.45, 7) is 3.64. The van der Waals surface area contributed by atoms with Crippen molar-refractivity contribution in [2.45, 2.75) is 19.9 Å². The van der Waals surface area contributed by atoms with E-state index in [1.54, 1.807) is 0 Å². The lowest BCUT2D eigenvalue weighted by atomic mass is 10.0. The first-order chi connectivity index (χ1) is 9.11. The smallest absolute Gasteiger partial charge is 0.127 e. The van der Waals surface area contributed by atoms with Crippen LogP contribution in [0.25, 0.3) is 0 Å². The second-order valence-corrected chi connectivity index (χ2v) is 4.96. The molecular formula is C15H22N4. The summed E-state index contributed by atoms with van der Waals surface area (Å²) in [5.74, 6) is 1.06. The summed E-state index contributed by atoms with van der Waals surface area (Å²) in [5, 5.41) is 0. The fourth-order valence-electron chi connectivity index (χ4n) is 2.21. The molecule has 0 aliphatic carbocycles. The maximum absolute atomic E-state index is 5.61. The van der Waals surface area contributed by atoms with Crippen molar-refractivity contribution in [3.8, 4) is 0 Å². The van der Waals surface area contributed by atoms with Gasteiger partial charge < -0.3 is 15.2 Å². The van der Waals surface area contributed by atoms with Crippen LogP contribution in [0, 0.1) is 6.92 Å². The van der Waals surface area contributed by atoms with Crippen LogP contribution in [0.5, 0.6) is 0 Å². The van der Waals surface area contributed by atoms with Gasteiger partial charge in [-0.3, -0.25) is 0 Å². The van der Waals surface area contributed by atoms with Gasteiger partial charge in [-0.15, -0.1) is 0 Å². The number of imidazole rings is 1. The van der Waals surface area contributed by atoms with Crippen LogP contribution in [0.15, 0.2) is 30.6 Å². The van der Waals surface area contributed by atoms with Crippen molar-refractivity contribution in [3.05, 3.63) is 47.5 Å². The van der Waals surface area contributed by atoms with Crippen LogP contribution in [-0.4, -0.2) is 23.1 Å². The van der Waals surface area contributed by atoms with Crippen molar-refractivity contribution in [1.29, 1.82) is 0 Å². The average molecular weight is 258 g/mol. The highest BCUT2D eigenvalue weighted by molar-refractivity contribution is 5.50. The molecule has 4 heteroatoms. The monoisotopic (exact) mass is 258 g/mol. The lowest BCUT2D eigenvalue weighted by molar-refractivity contribution is 0.761. The minimum absolute atomic E-state index is 0.698. The molecule has 0 bridgehead atoms. The highest BCUT2D eigenvalue weighted by atomic mass is 15.2. The number of hydrogen-bond donors (Lipinski definition) is 1. The molecule has 19 heavy (non-hydrogen) atoms. The second-order valence-electron chi connectivity index (χ2n) is 4.96. The first-order valence-corrected chi connectivity index (χ1v) is 6.58. The van der Waals surface area contributed by atoms with Crippen LogP contribution in [0.2, 0.25) is 0 Å². The normalized spacial score (nSPS) is 10.7. The molecule has 4 nitrogen and oxygen atoms in total. The van der Waals surface area contributed by atoms with E-state index >= 15 is 0 Å². The van der Waals surface area contributed by atoms with Crippen molar-refractivity contribution < 1.29 is 0 Å². The minimum atomic E-state index is 0.698. The number of nitrogens with two attached hydrogens (primary N) is 1. The first-order valence-electron chi connectivity index (χ1n) is 6.58. The highest BCUT2D eigenvalue weighted by Gasteiger charge is 2.07. The standard InChI is InChI=1S/C15H22N4/c1-12-10-14(5-4-13(12)6-7-16)19(3)11-15-17-8-9-18(15)2/h4-5,8-10H,6-7,11,16H2,1-3H3. The maximum atomic E-state index is 5.61. The van der Waals surface area contributed by atoms with Crippen LogP contribution >= 0.6 is 0 Å². The summed E-state index contributed by atoms with van der Waals surface area (Å²) < 4.78 is 2.05. The Kier molecular flexibility index (Phi) is 4.22. The van der Waals surface area contributed by atoms with E-state index in [9.17, 15) is 0 Å². The lowest BCUT2D eigenvalue weighted by Crippen LogP contribution is -2.19. The summed E-state index contributed by atoms with van der Waals surface area (Å²) in [5.41, 5.74) is 9.45. The number of benzene rings is 1. The van der Waals surface area contributed by atoms with Crippen molar-refractivity contribution >= 4 is 5.69 Å². The number of anilines is 1. The van der Waals surface area contributed by atoms with Gasteiger partial charge in [0, 0.05) is 32.2 Å². The SMILES string of the molecule is Cc1cc(N(C)Cc2nccn2C)ccc1CCN. The molecule has 0 fully saturated rings. The van der Waals surface area contributed by atoms with Crippen molar-refractivity contribution in [2.24, 2.45) is 12.8 Å². The molecule has 2 aromatic rings. The lowest BCUT2D eigenvalue weighted by Gasteiger charge is -2.20. The van der Waals surface area contributed by atoms with Gasteiger partial charge in [0.25, 0.3) is 0 Å². The molecule has 1 heterocycles. The number of aryl methyl sites for hydroxylation is 2. The third-order valence-electron chi connectivity index (χ3n) is 3.48. The van der Waals surface area contributed by atoms with E-state index in [1.807, 2.05) is 24.0 Å². The van der Waals surface area contributed by atoms with Gasteiger partial charge >= 0.3 is 0 Å². The predicted octanol–water partition coefficient (Wildman–Crippen LogP) is 1.87. The van der Waals surface area contributed by atoms with E-state index in [2.05, 4.69) is 42.1 Å². The molecule has 2 N–H and O–H groups in total. The van der Waals surface area contributed by atoms with E-state index in [1.165, 1.54) is 16.8 Å². The molecule has 0 aliphatic heterocycles. The quantitative estimate of drug-likeness (QED) is 0.890. The molecule has 0 aliphatic rings. The average Bonchev–Trinajstić information content (AvgIpc) is 2.78. The first kappa shape index (κ1) is 13.6. The molecule has 102 valence electrons. The van der Waals surface area contributed by atoms with E-state index in [4.69, 9.17) is 5.73 Å². The summed E-state index contributed by atoms with van der Waals surface area (Å²) in [6, 6.07) is 6.54. The van der Waals surface area contributed by atoms with Crippen LogP contribution in [0.1, 0.15) is 17.0 Å². The zero-order valence-electron chi connectivity index (χ0n) is 11.9. The third kappa shape index (κ3) is 3.15. The molecule has 2 rings (SSSR count). The van der Waals surface area contributed by atoms with E-state index in [0.717, 1.165) is 18.8 Å². The largest absolute Gasteiger partial charge is 0.367 e. The molecule has 0 spiro atoms. The zero-order chi connectivity index (χ0) is 13.8. The molecule has 0 atom stereocenters. The van der Waals surface area contributed by atoms with E-state index in [0.29, 0.717) is 6.54 Å². The van der Waals surface area contributed by atoms with Gasteiger partial charge in [0.1, 0.15) is 5.82 Å². The Morgan fingerprint density at radius 3 is 2.74 bits per heavy atom. The Hall–Kier alpha value is -1.81. The van der Waals surface area contributed by atoms with E-state index < -0.39 is 0 Å². The summed E-state index contributed by atoms with van der Waals surface area (Å²) in [6.07, 6.45) is 4.74. The Balaban J connectivity index is 2.13. The Bertz CT molecular complexity index is 545. The van der Waals surface area contributed by atoms with Crippen molar-refractivity contribution in [1.82, 2.24) is 9.55 Å². The van der Waals surface area contributed by atoms with Gasteiger partial charge in [0.15, 0.2) is 0 Å². The fourth-order valence-corrected chi connectivity index (χ4v) is 2.21. The maximum Gasteiger partial charge on any atom is 0.127 e. The highest BCUT2D eigenvalue weighted by Crippen LogP contribution is 2.19. The number of aromatic nitrogens is 2. The fraction of sp³-hybridized carbons (Fsp3) is 0.400. The van der Waals surface area contributed by atoms with Gasteiger partial charge in [-0.25, -0.2) is 4.98 Å². The van der Waals surface area contributed by atoms with Gasteiger partial charge in [-0.2, -0.15) is 0 Å². The van der Waals surface area contributed by atoms with Crippen molar-refractivity contribution in [2.75, 3.05) is 18.5 Å². The zero-order valence-corrected chi connectivity index (χ0v) is 11.9. The van der Waals surface area contributed by atoms with Crippen molar-refractivity contribution in [3.63, 3.8) is 0 Å². The molecule has 0 saturated carbocycles. The van der Waals surface area contributed by atoms with Gasteiger partial charge in [0.2, 0.25) is 0 Å². The molecular weight excluding hydrogens is 236 g/mol. The third-order valence-corrected chi connectivity index (χ3v) is 3.48. The topological polar surface area (TPSA) is 47.1 Å². The second kappa shape index (κ2) is 5.89. The molecule has 0 saturated heterocycles. The van der Waals surface area contributed by atoms with Crippen LogP contribution < -0.4 is 10.6 Å².